The van der Waals surface area contributed by atoms with Gasteiger partial charge in [-0.15, -0.1) is 0 Å². The number of nitrogens with two attached hydrogens (primary N) is 1. The van der Waals surface area contributed by atoms with Crippen molar-refractivity contribution in [3.63, 3.8) is 0 Å². The lowest BCUT2D eigenvalue weighted by molar-refractivity contribution is 0.592. The third-order valence-electron chi connectivity index (χ3n) is 2.94. The highest BCUT2D eigenvalue weighted by molar-refractivity contribution is 7.91. The molecule has 6 heteroatoms. The fourth-order valence-corrected chi connectivity index (χ4v) is 2.52. The van der Waals surface area contributed by atoms with Crippen LogP contribution in [0.15, 0.2) is 24.3 Å². The maximum atomic E-state index is 13.7. The van der Waals surface area contributed by atoms with Gasteiger partial charge in [0.25, 0.3) is 0 Å². The molecule has 1 aromatic rings. The number of rotatable bonds is 8. The van der Waals surface area contributed by atoms with Gasteiger partial charge in [-0.05, 0) is 25.1 Å². The molecule has 108 valence electrons. The number of sulfone groups is 1. The molecule has 19 heavy (non-hydrogen) atoms. The molecule has 0 heterocycles. The van der Waals surface area contributed by atoms with Crippen LogP contribution < -0.4 is 10.6 Å². The Bertz CT molecular complexity index is 491. The van der Waals surface area contributed by atoms with Crippen molar-refractivity contribution in [3.05, 3.63) is 30.1 Å². The number of anilines is 1. The van der Waals surface area contributed by atoms with E-state index in [9.17, 15) is 12.8 Å². The molecule has 0 spiro atoms. The second kappa shape index (κ2) is 7.45. The summed E-state index contributed by atoms with van der Waals surface area (Å²) in [6.07, 6.45) is 0.695. The predicted molar refractivity (Wildman–Crippen MR) is 76.6 cm³/mol. The first kappa shape index (κ1) is 15.9. The number of nitrogens with zero attached hydrogens (tertiary/aromatic N) is 1. The first-order valence-electron chi connectivity index (χ1n) is 6.40. The summed E-state index contributed by atoms with van der Waals surface area (Å²) in [6.45, 7) is 2.95. The number of benzene rings is 1. The monoisotopic (exact) mass is 288 g/mol. The number of hydrogen-bond acceptors (Lipinski definition) is 4. The SMILES string of the molecule is CCS(=O)(=O)CCN(CCCN)c1ccccc1F. The summed E-state index contributed by atoms with van der Waals surface area (Å²) >= 11 is 0. The molecule has 1 rings (SSSR count). The molecule has 0 aliphatic rings. The zero-order valence-corrected chi connectivity index (χ0v) is 12.0. The van der Waals surface area contributed by atoms with E-state index in [1.807, 2.05) is 0 Å². The highest BCUT2D eigenvalue weighted by atomic mass is 32.2. The van der Waals surface area contributed by atoms with Crippen LogP contribution in [-0.2, 0) is 9.84 Å². The van der Waals surface area contributed by atoms with Gasteiger partial charge in [0.1, 0.15) is 5.82 Å². The summed E-state index contributed by atoms with van der Waals surface area (Å²) in [5.74, 6) is -0.203. The van der Waals surface area contributed by atoms with Crippen LogP contribution in [0.1, 0.15) is 13.3 Å². The Kier molecular flexibility index (Phi) is 6.24. The zero-order valence-electron chi connectivity index (χ0n) is 11.2. The molecule has 0 aromatic heterocycles. The minimum absolute atomic E-state index is 0.0302. The van der Waals surface area contributed by atoms with Crippen LogP contribution in [0, 0.1) is 5.82 Å². The van der Waals surface area contributed by atoms with Gasteiger partial charge in [-0.1, -0.05) is 19.1 Å². The second-order valence-corrected chi connectivity index (χ2v) is 6.79. The van der Waals surface area contributed by atoms with Gasteiger partial charge in [0, 0.05) is 18.8 Å². The van der Waals surface area contributed by atoms with Gasteiger partial charge in [0.05, 0.1) is 11.4 Å². The molecule has 0 aliphatic heterocycles. The van der Waals surface area contributed by atoms with Gasteiger partial charge in [0.2, 0.25) is 0 Å². The van der Waals surface area contributed by atoms with Crippen LogP contribution in [0.2, 0.25) is 0 Å². The molecular formula is C13H21FN2O2S. The van der Waals surface area contributed by atoms with E-state index < -0.39 is 9.84 Å². The molecule has 0 saturated carbocycles. The molecule has 0 radical (unpaired) electrons. The summed E-state index contributed by atoms with van der Waals surface area (Å²) in [5, 5.41) is 0. The molecule has 0 fully saturated rings. The molecule has 4 nitrogen and oxygen atoms in total. The molecule has 2 N–H and O–H groups in total. The van der Waals surface area contributed by atoms with E-state index in [1.165, 1.54) is 6.07 Å². The van der Waals surface area contributed by atoms with E-state index in [4.69, 9.17) is 5.73 Å². The van der Waals surface area contributed by atoms with Crippen molar-refractivity contribution in [2.75, 3.05) is 36.0 Å². The topological polar surface area (TPSA) is 63.4 Å². The fourth-order valence-electron chi connectivity index (χ4n) is 1.74. The van der Waals surface area contributed by atoms with Crippen molar-refractivity contribution in [3.8, 4) is 0 Å². The summed E-state index contributed by atoms with van der Waals surface area (Å²) < 4.78 is 36.8. The van der Waals surface area contributed by atoms with Crippen LogP contribution in [-0.4, -0.2) is 39.6 Å². The molecule has 0 unspecified atom stereocenters. The van der Waals surface area contributed by atoms with Gasteiger partial charge in [0.15, 0.2) is 9.84 Å². The van der Waals surface area contributed by atoms with Crippen LogP contribution in [0.3, 0.4) is 0 Å². The van der Waals surface area contributed by atoms with Gasteiger partial charge in [-0.25, -0.2) is 12.8 Å². The van der Waals surface area contributed by atoms with Crippen LogP contribution in [0.4, 0.5) is 10.1 Å². The molecule has 0 atom stereocenters. The first-order chi connectivity index (χ1) is 9.00. The lowest BCUT2D eigenvalue weighted by atomic mass is 10.2. The lowest BCUT2D eigenvalue weighted by Gasteiger charge is -2.25. The summed E-state index contributed by atoms with van der Waals surface area (Å²) in [6, 6.07) is 6.38. The van der Waals surface area contributed by atoms with Gasteiger partial charge in [-0.3, -0.25) is 0 Å². The average molecular weight is 288 g/mol. The Morgan fingerprint density at radius 3 is 2.53 bits per heavy atom. The van der Waals surface area contributed by atoms with Gasteiger partial charge >= 0.3 is 0 Å². The summed E-state index contributed by atoms with van der Waals surface area (Å²) in [5.41, 5.74) is 5.90. The fraction of sp³-hybridized carbons (Fsp3) is 0.538. The van der Waals surface area contributed by atoms with E-state index >= 15 is 0 Å². The quantitative estimate of drug-likeness (QED) is 0.785. The van der Waals surface area contributed by atoms with Crippen LogP contribution in [0.25, 0.3) is 0 Å². The van der Waals surface area contributed by atoms with Crippen molar-refractivity contribution in [2.24, 2.45) is 5.73 Å². The highest BCUT2D eigenvalue weighted by Gasteiger charge is 2.14. The third kappa shape index (κ3) is 5.16. The number of halogens is 1. The lowest BCUT2D eigenvalue weighted by Crippen LogP contribution is -2.32. The minimum Gasteiger partial charge on any atom is -0.368 e. The van der Waals surface area contributed by atoms with E-state index in [-0.39, 0.29) is 23.9 Å². The Labute approximate surface area is 114 Å². The average Bonchev–Trinajstić information content (AvgIpc) is 2.40. The Hall–Kier alpha value is -1.14. The Morgan fingerprint density at radius 1 is 1.26 bits per heavy atom. The highest BCUT2D eigenvalue weighted by Crippen LogP contribution is 2.18. The molecule has 0 bridgehead atoms. The van der Waals surface area contributed by atoms with Crippen LogP contribution in [0.5, 0.6) is 0 Å². The van der Waals surface area contributed by atoms with E-state index in [0.717, 1.165) is 0 Å². The first-order valence-corrected chi connectivity index (χ1v) is 8.22. The molecular weight excluding hydrogens is 267 g/mol. The Balaban J connectivity index is 2.81. The van der Waals surface area contributed by atoms with Gasteiger partial charge in [-0.2, -0.15) is 0 Å². The maximum Gasteiger partial charge on any atom is 0.151 e. The normalized spacial score (nSPS) is 11.5. The molecule has 1 aromatic carbocycles. The maximum absolute atomic E-state index is 13.7. The Morgan fingerprint density at radius 2 is 1.95 bits per heavy atom. The predicted octanol–water partition coefficient (Wildman–Crippen LogP) is 1.42. The van der Waals surface area contributed by atoms with Crippen LogP contribution >= 0.6 is 0 Å². The van der Waals surface area contributed by atoms with E-state index in [2.05, 4.69) is 0 Å². The van der Waals surface area contributed by atoms with Crippen molar-refractivity contribution >= 4 is 15.5 Å². The third-order valence-corrected chi connectivity index (χ3v) is 4.62. The number of para-hydroxylation sites is 1. The van der Waals surface area contributed by atoms with Crippen molar-refractivity contribution < 1.29 is 12.8 Å². The molecule has 0 amide bonds. The van der Waals surface area contributed by atoms with Crippen molar-refractivity contribution in [1.82, 2.24) is 0 Å². The van der Waals surface area contributed by atoms with Crippen molar-refractivity contribution in [1.29, 1.82) is 0 Å². The minimum atomic E-state index is -3.06. The largest absolute Gasteiger partial charge is 0.368 e. The van der Waals surface area contributed by atoms with E-state index in [0.29, 0.717) is 25.2 Å². The smallest absolute Gasteiger partial charge is 0.151 e. The van der Waals surface area contributed by atoms with Crippen molar-refractivity contribution in [2.45, 2.75) is 13.3 Å². The van der Waals surface area contributed by atoms with E-state index in [1.54, 1.807) is 30.0 Å². The van der Waals surface area contributed by atoms with Gasteiger partial charge < -0.3 is 10.6 Å². The molecule has 0 saturated heterocycles. The standard InChI is InChI=1S/C13H21FN2O2S/c1-2-19(17,18)11-10-16(9-5-8-15)13-7-4-3-6-12(13)14/h3-4,6-7H,2,5,8-11,15H2,1H3. The molecule has 0 aliphatic carbocycles. The summed E-state index contributed by atoms with van der Waals surface area (Å²) in [7, 11) is -3.06. The second-order valence-electron chi connectivity index (χ2n) is 4.32. The number of hydrogen-bond donors (Lipinski definition) is 1. The summed E-state index contributed by atoms with van der Waals surface area (Å²) in [4.78, 5) is 1.75. The zero-order chi connectivity index (χ0) is 14.3.